The maximum Gasteiger partial charge on any atom is 0.223 e. The molecule has 1 fully saturated rings. The minimum atomic E-state index is -0.547. The summed E-state index contributed by atoms with van der Waals surface area (Å²) in [6.45, 7) is 4.66. The van der Waals surface area contributed by atoms with Crippen molar-refractivity contribution >= 4 is 5.91 Å². The van der Waals surface area contributed by atoms with E-state index in [0.29, 0.717) is 19.4 Å². The van der Waals surface area contributed by atoms with Crippen LogP contribution in [0, 0.1) is 0 Å². The molecule has 2 heterocycles. The number of rotatable bonds is 11. The van der Waals surface area contributed by atoms with E-state index in [2.05, 4.69) is 27.6 Å². The third-order valence-corrected chi connectivity index (χ3v) is 5.63. The summed E-state index contributed by atoms with van der Waals surface area (Å²) in [4.78, 5) is 16.0. The van der Waals surface area contributed by atoms with Gasteiger partial charge in [-0.25, -0.2) is 0 Å². The zero-order chi connectivity index (χ0) is 22.8. The first-order chi connectivity index (χ1) is 15.5. The Morgan fingerprint density at radius 2 is 2.03 bits per heavy atom. The number of aryl methyl sites for hydroxylation is 1. The zero-order valence-corrected chi connectivity index (χ0v) is 19.2. The number of nitrogens with zero attached hydrogens (tertiary/aromatic N) is 5. The molecule has 0 saturated carbocycles. The van der Waals surface area contributed by atoms with E-state index < -0.39 is 6.10 Å². The lowest BCUT2D eigenvalue weighted by Crippen LogP contribution is -2.42. The quantitative estimate of drug-likeness (QED) is 0.428. The number of likely N-dealkylation sites (tertiary alicyclic amines) is 1. The number of aromatic nitrogens is 4. The molecular formula is C25H35N5O2. The Morgan fingerprint density at radius 3 is 2.78 bits per heavy atom. The summed E-state index contributed by atoms with van der Waals surface area (Å²) in [5.74, 6) is 0.958. The third kappa shape index (κ3) is 7.41. The number of hydrogen-bond donors (Lipinski definition) is 1. The molecule has 2 atom stereocenters. The van der Waals surface area contributed by atoms with Crippen LogP contribution in [0.25, 0.3) is 0 Å². The van der Waals surface area contributed by atoms with Crippen molar-refractivity contribution in [2.75, 3.05) is 6.54 Å². The summed E-state index contributed by atoms with van der Waals surface area (Å²) in [5.41, 5.74) is 1.10. The van der Waals surface area contributed by atoms with Crippen molar-refractivity contribution in [3.05, 3.63) is 66.0 Å². The molecular weight excluding hydrogens is 402 g/mol. The Labute approximate surface area is 190 Å². The lowest BCUT2D eigenvalue weighted by molar-refractivity contribution is -0.134. The van der Waals surface area contributed by atoms with Crippen LogP contribution in [0.15, 0.2) is 54.6 Å². The van der Waals surface area contributed by atoms with Crippen molar-refractivity contribution in [2.24, 2.45) is 0 Å². The van der Waals surface area contributed by atoms with E-state index in [-0.39, 0.29) is 18.0 Å². The van der Waals surface area contributed by atoms with Crippen molar-refractivity contribution in [2.45, 2.75) is 77.0 Å². The second-order valence-corrected chi connectivity index (χ2v) is 8.63. The average Bonchev–Trinajstić information content (AvgIpc) is 3.26. The van der Waals surface area contributed by atoms with Gasteiger partial charge in [0.2, 0.25) is 5.91 Å². The van der Waals surface area contributed by atoms with Crippen molar-refractivity contribution in [1.82, 2.24) is 25.1 Å². The lowest BCUT2D eigenvalue weighted by Gasteiger charge is -2.33. The van der Waals surface area contributed by atoms with Crippen LogP contribution in [-0.2, 0) is 17.6 Å². The number of benzene rings is 1. The number of aliphatic hydroxyl groups is 1. The van der Waals surface area contributed by atoms with E-state index in [4.69, 9.17) is 0 Å². The standard InChI is InChI=1S/C25H35N5O2/c1-20(2)30-27-24(26-28-30)14-8-3-4-9-18-29-22(13-10-15-25(29)32)16-17-23(31)19-21-11-6-5-7-12-21/h4-7,9,11-12,16-17,20,22-23,31H,3,8,10,13-15,18-19H2,1-2H3/t22-,23?/m1/s1. The van der Waals surface area contributed by atoms with Crippen LogP contribution in [0.4, 0.5) is 0 Å². The van der Waals surface area contributed by atoms with Gasteiger partial charge in [-0.1, -0.05) is 54.6 Å². The predicted octanol–water partition coefficient (Wildman–Crippen LogP) is 3.67. The summed E-state index contributed by atoms with van der Waals surface area (Å²) < 4.78 is 0. The molecule has 172 valence electrons. The van der Waals surface area contributed by atoms with Crippen LogP contribution in [0.2, 0.25) is 0 Å². The number of allylic oxidation sites excluding steroid dienone is 1. The fourth-order valence-corrected chi connectivity index (χ4v) is 3.82. The zero-order valence-electron chi connectivity index (χ0n) is 19.2. The third-order valence-electron chi connectivity index (χ3n) is 5.63. The van der Waals surface area contributed by atoms with Gasteiger partial charge in [-0.05, 0) is 50.3 Å². The maximum atomic E-state index is 12.5. The van der Waals surface area contributed by atoms with Crippen molar-refractivity contribution < 1.29 is 9.90 Å². The highest BCUT2D eigenvalue weighted by Gasteiger charge is 2.25. The van der Waals surface area contributed by atoms with E-state index in [9.17, 15) is 9.90 Å². The molecule has 1 unspecified atom stereocenters. The van der Waals surface area contributed by atoms with Gasteiger partial charge in [-0.15, -0.1) is 10.2 Å². The Morgan fingerprint density at radius 1 is 1.22 bits per heavy atom. The molecule has 1 N–H and O–H groups in total. The molecule has 0 aliphatic carbocycles. The smallest absolute Gasteiger partial charge is 0.223 e. The number of hydrogen-bond acceptors (Lipinski definition) is 5. The highest BCUT2D eigenvalue weighted by Crippen LogP contribution is 2.20. The second-order valence-electron chi connectivity index (χ2n) is 8.63. The van der Waals surface area contributed by atoms with Gasteiger partial charge in [-0.2, -0.15) is 4.80 Å². The SMILES string of the molecule is CC(C)n1nnc(CCCC=CCN2C(=O)CCC[C@@H]2C=CC(O)Cc2ccccc2)n1. The van der Waals surface area contributed by atoms with Crippen LogP contribution in [0.5, 0.6) is 0 Å². The molecule has 0 bridgehead atoms. The van der Waals surface area contributed by atoms with Crippen LogP contribution in [0.1, 0.15) is 63.4 Å². The number of unbranched alkanes of at least 4 members (excludes halogenated alkanes) is 1. The summed E-state index contributed by atoms with van der Waals surface area (Å²) in [7, 11) is 0. The molecule has 1 aromatic heterocycles. The molecule has 7 nitrogen and oxygen atoms in total. The Kier molecular flexibility index (Phi) is 9.16. The van der Waals surface area contributed by atoms with Crippen molar-refractivity contribution in [1.29, 1.82) is 0 Å². The van der Waals surface area contributed by atoms with Crippen LogP contribution < -0.4 is 0 Å². The van der Waals surface area contributed by atoms with Crippen LogP contribution >= 0.6 is 0 Å². The first-order valence-electron chi connectivity index (χ1n) is 11.7. The van der Waals surface area contributed by atoms with Gasteiger partial charge in [-0.3, -0.25) is 4.79 Å². The van der Waals surface area contributed by atoms with Gasteiger partial charge < -0.3 is 10.0 Å². The van der Waals surface area contributed by atoms with Gasteiger partial charge in [0, 0.05) is 25.8 Å². The maximum absolute atomic E-state index is 12.5. The summed E-state index contributed by atoms with van der Waals surface area (Å²) >= 11 is 0. The highest BCUT2D eigenvalue weighted by molar-refractivity contribution is 5.77. The van der Waals surface area contributed by atoms with Crippen molar-refractivity contribution in [3.63, 3.8) is 0 Å². The van der Waals surface area contributed by atoms with Crippen LogP contribution in [-0.4, -0.2) is 54.8 Å². The van der Waals surface area contributed by atoms with E-state index in [1.54, 1.807) is 4.80 Å². The number of piperidine rings is 1. The average molecular weight is 438 g/mol. The molecule has 0 spiro atoms. The molecule has 7 heteroatoms. The first-order valence-corrected chi connectivity index (χ1v) is 11.7. The van der Waals surface area contributed by atoms with E-state index in [1.807, 2.05) is 61.2 Å². The minimum absolute atomic E-state index is 0.0431. The molecule has 1 aliphatic heterocycles. The summed E-state index contributed by atoms with van der Waals surface area (Å²) in [6.07, 6.45) is 13.2. The number of amides is 1. The van der Waals surface area contributed by atoms with Gasteiger partial charge in [0.15, 0.2) is 5.82 Å². The molecule has 32 heavy (non-hydrogen) atoms. The van der Waals surface area contributed by atoms with E-state index >= 15 is 0 Å². The van der Waals surface area contributed by atoms with Crippen LogP contribution in [0.3, 0.4) is 0 Å². The Hall–Kier alpha value is -2.80. The molecule has 1 aromatic carbocycles. The summed E-state index contributed by atoms with van der Waals surface area (Å²) in [5, 5.41) is 22.9. The number of aliphatic hydroxyl groups excluding tert-OH is 1. The molecule has 0 radical (unpaired) electrons. The topological polar surface area (TPSA) is 84.1 Å². The van der Waals surface area contributed by atoms with Gasteiger partial charge >= 0.3 is 0 Å². The largest absolute Gasteiger partial charge is 0.389 e. The normalized spacial score (nSPS) is 18.3. The molecule has 1 saturated heterocycles. The molecule has 2 aromatic rings. The highest BCUT2D eigenvalue weighted by atomic mass is 16.3. The minimum Gasteiger partial charge on any atom is -0.389 e. The number of tetrazole rings is 1. The van der Waals surface area contributed by atoms with Gasteiger partial charge in [0.1, 0.15) is 0 Å². The Balaban J connectivity index is 1.44. The fraction of sp³-hybridized carbons (Fsp3) is 0.520. The van der Waals surface area contributed by atoms with Gasteiger partial charge in [0.25, 0.3) is 0 Å². The predicted molar refractivity (Wildman–Crippen MR) is 125 cm³/mol. The second kappa shape index (κ2) is 12.3. The molecule has 1 aliphatic rings. The van der Waals surface area contributed by atoms with E-state index in [1.165, 1.54) is 0 Å². The molecule has 3 rings (SSSR count). The van der Waals surface area contributed by atoms with Gasteiger partial charge in [0.05, 0.1) is 18.2 Å². The lowest BCUT2D eigenvalue weighted by atomic mass is 9.99. The monoisotopic (exact) mass is 437 g/mol. The number of carbonyl (C=O) groups is 1. The van der Waals surface area contributed by atoms with Crippen molar-refractivity contribution in [3.8, 4) is 0 Å². The summed E-state index contributed by atoms with van der Waals surface area (Å²) in [6, 6.07) is 10.2. The number of carbonyl (C=O) groups excluding carboxylic acids is 1. The Bertz CT molecular complexity index is 891. The molecule has 1 amide bonds. The fourth-order valence-electron chi connectivity index (χ4n) is 3.82. The first kappa shape index (κ1) is 23.9. The van der Waals surface area contributed by atoms with E-state index in [0.717, 1.165) is 43.5 Å².